The van der Waals surface area contributed by atoms with Crippen LogP contribution in [0.1, 0.15) is 87.6 Å². The average Bonchev–Trinajstić information content (AvgIpc) is 3.43. The van der Waals surface area contributed by atoms with E-state index in [1.165, 1.54) is 19.4 Å². The number of amides is 1. The minimum Gasteiger partial charge on any atom is -0.496 e. The van der Waals surface area contributed by atoms with E-state index in [2.05, 4.69) is 31.1 Å². The molecule has 7 rings (SSSR count). The normalized spacial score (nSPS) is 24.7. The van der Waals surface area contributed by atoms with Crippen LogP contribution in [0.15, 0.2) is 60.8 Å². The van der Waals surface area contributed by atoms with Gasteiger partial charge in [-0.25, -0.2) is 9.18 Å². The van der Waals surface area contributed by atoms with Crippen LogP contribution in [0.4, 0.5) is 4.39 Å². The van der Waals surface area contributed by atoms with Crippen molar-refractivity contribution in [1.82, 2.24) is 10.3 Å². The highest BCUT2D eigenvalue weighted by Gasteiger charge is 2.68. The van der Waals surface area contributed by atoms with Crippen LogP contribution in [-0.2, 0) is 31.9 Å². The Morgan fingerprint density at radius 2 is 1.86 bits per heavy atom. The number of methoxy groups -OCH3 is 1. The van der Waals surface area contributed by atoms with E-state index in [1.807, 2.05) is 36.4 Å². The van der Waals surface area contributed by atoms with Crippen molar-refractivity contribution in [2.75, 3.05) is 7.11 Å². The summed E-state index contributed by atoms with van der Waals surface area (Å²) in [6, 6.07) is 14.4. The maximum Gasteiger partial charge on any atom is 0.482 e. The van der Waals surface area contributed by atoms with E-state index in [9.17, 15) is 9.59 Å². The standard InChI is InChI=1S/C38H47BFN3O7/c1-36(2,3)48-35(45)26-15-11-14-23(33(26)46-7)16-30(39-49-29-18-24-17-28(37(24,4)5)38(29,6)50-39)43-34(44)31(41)32-27(40)19-25(20-42-32)47-21-22-12-9-8-10-13-22/h8-15,19-20,24,28-31H,16-18,21,41H2,1-7H3,(H,43,44)/t24-,28-,29+,30?,31?,38-/m0/s1. The van der Waals surface area contributed by atoms with E-state index < -0.39 is 48.0 Å². The number of para-hydroxylation sites is 1. The topological polar surface area (TPSA) is 131 Å². The maximum absolute atomic E-state index is 15.4. The molecule has 2 heterocycles. The predicted molar refractivity (Wildman–Crippen MR) is 186 cm³/mol. The van der Waals surface area contributed by atoms with E-state index in [0.29, 0.717) is 17.2 Å². The molecule has 1 aliphatic heterocycles. The zero-order chi connectivity index (χ0) is 36.0. The number of aromatic nitrogens is 1. The van der Waals surface area contributed by atoms with E-state index in [1.54, 1.807) is 32.9 Å². The zero-order valence-corrected chi connectivity index (χ0v) is 29.8. The summed E-state index contributed by atoms with van der Waals surface area (Å²) in [4.78, 5) is 31.1. The maximum atomic E-state index is 15.4. The third-order valence-electron chi connectivity index (χ3n) is 10.7. The molecule has 10 nitrogen and oxygen atoms in total. The molecule has 266 valence electrons. The third kappa shape index (κ3) is 6.98. The van der Waals surface area contributed by atoms with Gasteiger partial charge in [0, 0.05) is 6.07 Å². The largest absolute Gasteiger partial charge is 0.496 e. The molecular weight excluding hydrogens is 640 g/mol. The van der Waals surface area contributed by atoms with Crippen LogP contribution in [0.2, 0.25) is 0 Å². The van der Waals surface area contributed by atoms with Crippen molar-refractivity contribution in [3.63, 3.8) is 0 Å². The molecule has 2 unspecified atom stereocenters. The molecule has 4 fully saturated rings. The summed E-state index contributed by atoms with van der Waals surface area (Å²) in [6.07, 6.45) is 3.25. The lowest BCUT2D eigenvalue weighted by Gasteiger charge is -2.64. The molecule has 1 aromatic heterocycles. The van der Waals surface area contributed by atoms with E-state index in [0.717, 1.165) is 18.4 Å². The first-order valence-electron chi connectivity index (χ1n) is 17.2. The highest BCUT2D eigenvalue weighted by molar-refractivity contribution is 6.48. The number of hydrogen-bond donors (Lipinski definition) is 2. The SMILES string of the molecule is COc1c(CC(NC(=O)C(N)c2ncc(OCc3ccccc3)cc2F)B2O[C@@H]3C[C@@H]4C[C@@H](C4(C)C)[C@]3(C)O2)cccc1C(=O)OC(C)(C)C. The third-order valence-corrected chi connectivity index (χ3v) is 10.7. The minimum atomic E-state index is -1.44. The van der Waals surface area contributed by atoms with Gasteiger partial charge in [-0.1, -0.05) is 56.3 Å². The van der Waals surface area contributed by atoms with Crippen LogP contribution in [0.5, 0.6) is 11.5 Å². The number of nitrogens with two attached hydrogens (primary N) is 1. The molecule has 2 bridgehead atoms. The quantitative estimate of drug-likeness (QED) is 0.191. The highest BCUT2D eigenvalue weighted by atomic mass is 19.1. The molecule has 3 aromatic rings. The summed E-state index contributed by atoms with van der Waals surface area (Å²) in [7, 11) is 0.628. The van der Waals surface area contributed by atoms with Crippen LogP contribution in [0, 0.1) is 23.1 Å². The van der Waals surface area contributed by atoms with Crippen molar-refractivity contribution >= 4 is 19.0 Å². The molecule has 3 N–H and O–H groups in total. The molecule has 6 atom stereocenters. The number of hydrogen-bond acceptors (Lipinski definition) is 9. The fourth-order valence-corrected chi connectivity index (χ4v) is 7.88. The van der Waals surface area contributed by atoms with Gasteiger partial charge >= 0.3 is 13.1 Å². The number of halogens is 1. The van der Waals surface area contributed by atoms with Crippen molar-refractivity contribution in [2.45, 2.75) is 96.7 Å². The fourth-order valence-electron chi connectivity index (χ4n) is 7.88. The van der Waals surface area contributed by atoms with Crippen molar-refractivity contribution in [3.05, 3.63) is 89.0 Å². The van der Waals surface area contributed by atoms with Crippen LogP contribution >= 0.6 is 0 Å². The molecule has 2 aromatic carbocycles. The summed E-state index contributed by atoms with van der Waals surface area (Å²) >= 11 is 0. The summed E-state index contributed by atoms with van der Waals surface area (Å²) in [5.41, 5.74) is 6.75. The van der Waals surface area contributed by atoms with E-state index >= 15 is 4.39 Å². The zero-order valence-electron chi connectivity index (χ0n) is 29.8. The Hall–Kier alpha value is -4.00. The van der Waals surface area contributed by atoms with Gasteiger partial charge in [0.1, 0.15) is 41.0 Å². The Morgan fingerprint density at radius 1 is 1.12 bits per heavy atom. The lowest BCUT2D eigenvalue weighted by atomic mass is 9.43. The van der Waals surface area contributed by atoms with E-state index in [-0.39, 0.29) is 47.5 Å². The van der Waals surface area contributed by atoms with Crippen molar-refractivity contribution in [3.8, 4) is 11.5 Å². The number of nitrogens with zero attached hydrogens (tertiary/aromatic N) is 1. The summed E-state index contributed by atoms with van der Waals surface area (Å²) < 4.78 is 45.8. The summed E-state index contributed by atoms with van der Waals surface area (Å²) in [5.74, 6) is -1.42. The Labute approximate surface area is 293 Å². The Morgan fingerprint density at radius 3 is 2.52 bits per heavy atom. The smallest absolute Gasteiger partial charge is 0.482 e. The number of esters is 1. The van der Waals surface area contributed by atoms with Gasteiger partial charge in [0.2, 0.25) is 5.91 Å². The molecule has 12 heteroatoms. The van der Waals surface area contributed by atoms with Crippen molar-refractivity contribution in [1.29, 1.82) is 0 Å². The first-order chi connectivity index (χ1) is 23.6. The molecule has 4 aliphatic rings. The number of nitrogens with one attached hydrogen (secondary N) is 1. The Balaban J connectivity index is 1.25. The molecule has 0 radical (unpaired) electrons. The summed E-state index contributed by atoms with van der Waals surface area (Å²) in [6.45, 7) is 12.2. The number of carbonyl (C=O) groups excluding carboxylic acids is 2. The van der Waals surface area contributed by atoms with Crippen molar-refractivity contribution < 1.29 is 37.5 Å². The second kappa shape index (κ2) is 13.6. The van der Waals surface area contributed by atoms with Gasteiger partial charge < -0.3 is 34.6 Å². The fraction of sp³-hybridized carbons (Fsp3) is 0.500. The number of benzene rings is 2. The Bertz CT molecular complexity index is 1730. The monoisotopic (exact) mass is 687 g/mol. The molecule has 50 heavy (non-hydrogen) atoms. The van der Waals surface area contributed by atoms with Gasteiger partial charge in [-0.3, -0.25) is 9.78 Å². The first-order valence-corrected chi connectivity index (χ1v) is 17.2. The second-order valence-corrected chi connectivity index (χ2v) is 15.4. The van der Waals surface area contributed by atoms with Gasteiger partial charge in [-0.05, 0) is 81.4 Å². The van der Waals surface area contributed by atoms with Crippen LogP contribution in [0.3, 0.4) is 0 Å². The second-order valence-electron chi connectivity index (χ2n) is 15.4. The minimum absolute atomic E-state index is 0.107. The number of ether oxygens (including phenoxy) is 3. The van der Waals surface area contributed by atoms with Crippen LogP contribution in [-0.4, -0.2) is 54.3 Å². The molecular formula is C38H47BFN3O7. The lowest BCUT2D eigenvalue weighted by Crippen LogP contribution is -2.65. The van der Waals surface area contributed by atoms with Crippen LogP contribution < -0.4 is 20.5 Å². The lowest BCUT2D eigenvalue weighted by molar-refractivity contribution is -0.199. The van der Waals surface area contributed by atoms with Crippen molar-refractivity contribution in [2.24, 2.45) is 23.0 Å². The number of carbonyl (C=O) groups is 2. The molecule has 1 saturated heterocycles. The molecule has 0 spiro atoms. The van der Waals surface area contributed by atoms with Gasteiger partial charge in [0.25, 0.3) is 0 Å². The van der Waals surface area contributed by atoms with Crippen LogP contribution in [0.25, 0.3) is 0 Å². The van der Waals surface area contributed by atoms with Gasteiger partial charge in [0.05, 0.1) is 31.0 Å². The number of pyridine rings is 1. The Kier molecular flexibility index (Phi) is 9.75. The molecule has 3 aliphatic carbocycles. The predicted octanol–water partition coefficient (Wildman–Crippen LogP) is 5.76. The van der Waals surface area contributed by atoms with Gasteiger partial charge in [0.15, 0.2) is 5.82 Å². The average molecular weight is 688 g/mol. The molecule has 3 saturated carbocycles. The highest BCUT2D eigenvalue weighted by Crippen LogP contribution is 2.65. The van der Waals surface area contributed by atoms with Gasteiger partial charge in [-0.2, -0.15) is 0 Å². The number of rotatable bonds is 11. The van der Waals surface area contributed by atoms with Gasteiger partial charge in [-0.15, -0.1) is 0 Å². The first kappa shape index (κ1) is 35.8. The van der Waals surface area contributed by atoms with E-state index in [4.69, 9.17) is 29.3 Å². The molecule has 1 amide bonds. The summed E-state index contributed by atoms with van der Waals surface area (Å²) in [5, 5.41) is 2.98.